The largest absolute Gasteiger partial charge is 0.304 e. The lowest BCUT2D eigenvalue weighted by molar-refractivity contribution is 0.458. The molecule has 0 spiro atoms. The topological polar surface area (TPSA) is 29.9 Å². The van der Waals surface area contributed by atoms with E-state index in [0.29, 0.717) is 12.1 Å². The van der Waals surface area contributed by atoms with Crippen molar-refractivity contribution in [3.8, 4) is 0 Å². The minimum absolute atomic E-state index is 0.400. The van der Waals surface area contributed by atoms with Crippen LogP contribution in [0.25, 0.3) is 0 Å². The number of hydrogen-bond donors (Lipinski definition) is 1. The summed E-state index contributed by atoms with van der Waals surface area (Å²) in [7, 11) is 0. The highest BCUT2D eigenvalue weighted by Crippen LogP contribution is 2.28. The van der Waals surface area contributed by atoms with Gasteiger partial charge in [0.05, 0.1) is 11.7 Å². The average Bonchev–Trinajstić information content (AvgIpc) is 3.14. The zero-order chi connectivity index (χ0) is 13.1. The van der Waals surface area contributed by atoms with Crippen LogP contribution in [0, 0.1) is 0 Å². The van der Waals surface area contributed by atoms with Crippen molar-refractivity contribution in [3.05, 3.63) is 40.3 Å². The Balaban J connectivity index is 1.55. The number of hydrogen-bond acceptors (Lipinski definition) is 3. The monoisotopic (exact) mass is 275 g/mol. The fraction of sp³-hybridized carbons (Fsp3) is 0.533. The molecular formula is C15H21N3S. The van der Waals surface area contributed by atoms with Crippen molar-refractivity contribution in [2.75, 3.05) is 0 Å². The van der Waals surface area contributed by atoms with Gasteiger partial charge in [-0.15, -0.1) is 11.3 Å². The summed E-state index contributed by atoms with van der Waals surface area (Å²) in [5.74, 6) is 0. The molecule has 1 aliphatic rings. The van der Waals surface area contributed by atoms with E-state index < -0.39 is 0 Å². The van der Waals surface area contributed by atoms with Crippen LogP contribution >= 0.6 is 11.3 Å². The van der Waals surface area contributed by atoms with Gasteiger partial charge in [-0.2, -0.15) is 5.10 Å². The predicted octanol–water partition coefficient (Wildman–Crippen LogP) is 3.91. The van der Waals surface area contributed by atoms with E-state index in [1.807, 2.05) is 0 Å². The van der Waals surface area contributed by atoms with Crippen LogP contribution in [0.5, 0.6) is 0 Å². The molecule has 0 bridgehead atoms. The van der Waals surface area contributed by atoms with Crippen molar-refractivity contribution < 1.29 is 0 Å². The zero-order valence-corrected chi connectivity index (χ0v) is 12.2. The second-order valence-electron chi connectivity index (χ2n) is 5.34. The minimum atomic E-state index is 0.400. The van der Waals surface area contributed by atoms with Crippen LogP contribution in [0.4, 0.5) is 0 Å². The Kier molecular flexibility index (Phi) is 3.99. The highest BCUT2D eigenvalue weighted by atomic mass is 32.1. The Bertz CT molecular complexity index is 497. The van der Waals surface area contributed by atoms with E-state index in [9.17, 15) is 0 Å². The third-order valence-electron chi connectivity index (χ3n) is 3.92. The molecule has 2 heterocycles. The molecule has 1 saturated carbocycles. The Morgan fingerprint density at radius 2 is 2.26 bits per heavy atom. The van der Waals surface area contributed by atoms with Gasteiger partial charge in [-0.3, -0.25) is 4.68 Å². The fourth-order valence-electron chi connectivity index (χ4n) is 2.74. The lowest BCUT2D eigenvalue weighted by Crippen LogP contribution is -2.18. The standard InChI is InChI=1S/C15H21N3S/c1-12(15-7-4-10-19-15)16-11-13-8-9-18(17-13)14-5-2-3-6-14/h4,7-10,12,14,16H,2-3,5-6,11H2,1H3/t12-/m1/s1. The first-order chi connectivity index (χ1) is 9.33. The zero-order valence-electron chi connectivity index (χ0n) is 11.4. The van der Waals surface area contributed by atoms with Crippen molar-refractivity contribution in [1.82, 2.24) is 15.1 Å². The van der Waals surface area contributed by atoms with Gasteiger partial charge in [-0.05, 0) is 37.3 Å². The minimum Gasteiger partial charge on any atom is -0.304 e. The van der Waals surface area contributed by atoms with E-state index in [-0.39, 0.29) is 0 Å². The van der Waals surface area contributed by atoms with Gasteiger partial charge >= 0.3 is 0 Å². The van der Waals surface area contributed by atoms with E-state index in [2.05, 4.69) is 46.7 Å². The Morgan fingerprint density at radius 1 is 1.42 bits per heavy atom. The smallest absolute Gasteiger partial charge is 0.0762 e. The van der Waals surface area contributed by atoms with Crippen LogP contribution in [-0.2, 0) is 6.54 Å². The van der Waals surface area contributed by atoms with Gasteiger partial charge in [0.1, 0.15) is 0 Å². The molecule has 0 aliphatic heterocycles. The van der Waals surface area contributed by atoms with E-state index in [1.54, 1.807) is 11.3 Å². The highest BCUT2D eigenvalue weighted by molar-refractivity contribution is 7.10. The van der Waals surface area contributed by atoms with Gasteiger partial charge in [0.15, 0.2) is 0 Å². The summed E-state index contributed by atoms with van der Waals surface area (Å²) in [5, 5.41) is 10.4. The van der Waals surface area contributed by atoms with E-state index >= 15 is 0 Å². The number of thiophene rings is 1. The molecule has 0 radical (unpaired) electrons. The van der Waals surface area contributed by atoms with Crippen LogP contribution in [0.3, 0.4) is 0 Å². The molecule has 1 atom stereocenters. The maximum absolute atomic E-state index is 4.70. The van der Waals surface area contributed by atoms with Gasteiger partial charge in [0.2, 0.25) is 0 Å². The molecule has 1 fully saturated rings. The Labute approximate surface area is 118 Å². The number of nitrogens with zero attached hydrogens (tertiary/aromatic N) is 2. The van der Waals surface area contributed by atoms with Crippen molar-refractivity contribution >= 4 is 11.3 Å². The van der Waals surface area contributed by atoms with Crippen LogP contribution < -0.4 is 5.32 Å². The summed E-state index contributed by atoms with van der Waals surface area (Å²) in [5.41, 5.74) is 1.15. The number of nitrogens with one attached hydrogen (secondary N) is 1. The molecule has 0 saturated heterocycles. The maximum atomic E-state index is 4.70. The first-order valence-corrected chi connectivity index (χ1v) is 8.02. The van der Waals surface area contributed by atoms with Gasteiger partial charge in [0, 0.05) is 23.7 Å². The molecule has 1 N–H and O–H groups in total. The third kappa shape index (κ3) is 3.07. The second-order valence-corrected chi connectivity index (χ2v) is 6.32. The molecule has 3 nitrogen and oxygen atoms in total. The number of aromatic nitrogens is 2. The van der Waals surface area contributed by atoms with Crippen molar-refractivity contribution in [2.24, 2.45) is 0 Å². The molecule has 2 aromatic heterocycles. The fourth-order valence-corrected chi connectivity index (χ4v) is 3.50. The van der Waals surface area contributed by atoms with Crippen molar-refractivity contribution in [2.45, 2.75) is 51.2 Å². The lowest BCUT2D eigenvalue weighted by Gasteiger charge is -2.11. The van der Waals surface area contributed by atoms with Crippen LogP contribution in [0.1, 0.15) is 55.3 Å². The van der Waals surface area contributed by atoms with E-state index in [0.717, 1.165) is 12.2 Å². The summed E-state index contributed by atoms with van der Waals surface area (Å²) < 4.78 is 2.17. The summed E-state index contributed by atoms with van der Waals surface area (Å²) in [6.45, 7) is 3.05. The van der Waals surface area contributed by atoms with Crippen LogP contribution in [-0.4, -0.2) is 9.78 Å². The van der Waals surface area contributed by atoms with Crippen LogP contribution in [0.15, 0.2) is 29.8 Å². The SMILES string of the molecule is C[C@@H](NCc1ccn(C2CCCC2)n1)c1cccs1. The molecular weight excluding hydrogens is 254 g/mol. The summed E-state index contributed by atoms with van der Waals surface area (Å²) in [4.78, 5) is 1.38. The van der Waals surface area contributed by atoms with Crippen molar-refractivity contribution in [3.63, 3.8) is 0 Å². The van der Waals surface area contributed by atoms with E-state index in [1.165, 1.54) is 30.6 Å². The summed E-state index contributed by atoms with van der Waals surface area (Å²) in [6, 6.07) is 7.47. The summed E-state index contributed by atoms with van der Waals surface area (Å²) in [6.07, 6.45) is 7.43. The molecule has 4 heteroatoms. The van der Waals surface area contributed by atoms with Gasteiger partial charge in [0.25, 0.3) is 0 Å². The second kappa shape index (κ2) is 5.88. The van der Waals surface area contributed by atoms with Crippen molar-refractivity contribution in [1.29, 1.82) is 0 Å². The van der Waals surface area contributed by atoms with Gasteiger partial charge in [-0.25, -0.2) is 0 Å². The maximum Gasteiger partial charge on any atom is 0.0762 e. The normalized spacial score (nSPS) is 17.9. The molecule has 0 unspecified atom stereocenters. The van der Waals surface area contributed by atoms with Gasteiger partial charge in [-0.1, -0.05) is 18.9 Å². The molecule has 2 aromatic rings. The lowest BCUT2D eigenvalue weighted by atomic mass is 10.2. The average molecular weight is 275 g/mol. The number of rotatable bonds is 5. The molecule has 0 amide bonds. The molecule has 102 valence electrons. The summed E-state index contributed by atoms with van der Waals surface area (Å²) >= 11 is 1.80. The van der Waals surface area contributed by atoms with Gasteiger partial charge < -0.3 is 5.32 Å². The Hall–Kier alpha value is -1.13. The molecule has 3 rings (SSSR count). The quantitative estimate of drug-likeness (QED) is 0.896. The predicted molar refractivity (Wildman–Crippen MR) is 79.3 cm³/mol. The first-order valence-electron chi connectivity index (χ1n) is 7.14. The third-order valence-corrected chi connectivity index (χ3v) is 4.98. The van der Waals surface area contributed by atoms with E-state index in [4.69, 9.17) is 5.10 Å². The first kappa shape index (κ1) is 12.9. The van der Waals surface area contributed by atoms with Crippen LogP contribution in [0.2, 0.25) is 0 Å². The highest BCUT2D eigenvalue weighted by Gasteiger charge is 2.17. The Morgan fingerprint density at radius 3 is 3.00 bits per heavy atom. The molecule has 19 heavy (non-hydrogen) atoms. The molecule has 1 aliphatic carbocycles. The molecule has 0 aromatic carbocycles.